The van der Waals surface area contributed by atoms with Gasteiger partial charge in [0.05, 0.1) is 17.8 Å². The number of hydrogen-bond donors (Lipinski definition) is 0. The van der Waals surface area contributed by atoms with Crippen molar-refractivity contribution in [1.82, 2.24) is 4.90 Å². The maximum absolute atomic E-state index is 5.43. The van der Waals surface area contributed by atoms with Crippen molar-refractivity contribution in [3.63, 3.8) is 0 Å². The molecule has 0 spiro atoms. The van der Waals surface area contributed by atoms with Crippen molar-refractivity contribution in [2.75, 3.05) is 28.3 Å². The molecule has 1 aromatic rings. The monoisotopic (exact) mass is 349 g/mol. The second-order valence-electron chi connectivity index (χ2n) is 4.32. The first-order valence-corrected chi connectivity index (χ1v) is 6.64. The van der Waals surface area contributed by atoms with E-state index in [1.54, 1.807) is 14.2 Å². The Morgan fingerprint density at radius 1 is 1.18 bits per heavy atom. The summed E-state index contributed by atoms with van der Waals surface area (Å²) >= 11 is 2.26. The van der Waals surface area contributed by atoms with Crippen LogP contribution in [0.25, 0.3) is 0 Å². The first-order chi connectivity index (χ1) is 7.99. The molecule has 0 amide bonds. The van der Waals surface area contributed by atoms with Crippen LogP contribution in [0.4, 0.5) is 0 Å². The van der Waals surface area contributed by atoms with E-state index in [0.717, 1.165) is 21.5 Å². The maximum Gasteiger partial charge on any atom is 0.132 e. The third-order valence-corrected chi connectivity index (χ3v) is 3.79. The van der Waals surface area contributed by atoms with E-state index in [1.165, 1.54) is 5.56 Å². The minimum absolute atomic E-state index is 0.466. The molecule has 0 heterocycles. The smallest absolute Gasteiger partial charge is 0.132 e. The van der Waals surface area contributed by atoms with E-state index in [2.05, 4.69) is 54.6 Å². The van der Waals surface area contributed by atoms with Crippen LogP contribution in [-0.4, -0.2) is 39.3 Å². The van der Waals surface area contributed by atoms with Gasteiger partial charge in [0.25, 0.3) is 0 Å². The highest BCUT2D eigenvalue weighted by Crippen LogP contribution is 2.30. The molecule has 0 saturated carbocycles. The van der Waals surface area contributed by atoms with E-state index >= 15 is 0 Å². The van der Waals surface area contributed by atoms with Crippen LogP contribution in [-0.2, 0) is 6.42 Å². The quantitative estimate of drug-likeness (QED) is 0.763. The largest absolute Gasteiger partial charge is 0.496 e. The Morgan fingerprint density at radius 3 is 2.24 bits per heavy atom. The van der Waals surface area contributed by atoms with E-state index in [4.69, 9.17) is 9.47 Å². The van der Waals surface area contributed by atoms with Gasteiger partial charge in [-0.2, -0.15) is 0 Å². The first-order valence-electron chi connectivity index (χ1n) is 5.56. The number of rotatable bonds is 5. The lowest BCUT2D eigenvalue weighted by Gasteiger charge is -2.21. The topological polar surface area (TPSA) is 21.7 Å². The van der Waals surface area contributed by atoms with E-state index in [-0.39, 0.29) is 0 Å². The summed E-state index contributed by atoms with van der Waals surface area (Å²) in [4.78, 5) is 2.20. The van der Waals surface area contributed by atoms with Gasteiger partial charge in [-0.05, 0) is 67.7 Å². The van der Waals surface area contributed by atoms with Crippen molar-refractivity contribution in [2.45, 2.75) is 19.4 Å². The van der Waals surface area contributed by atoms with Gasteiger partial charge in [-0.3, -0.25) is 0 Å². The molecule has 0 N–H and O–H groups in total. The van der Waals surface area contributed by atoms with Crippen LogP contribution >= 0.6 is 22.6 Å². The molecule has 0 unspecified atom stereocenters. The van der Waals surface area contributed by atoms with Gasteiger partial charge in [0.1, 0.15) is 11.5 Å². The lowest BCUT2D eigenvalue weighted by atomic mass is 10.0. The van der Waals surface area contributed by atoms with Crippen LogP contribution < -0.4 is 9.47 Å². The molecule has 1 atom stereocenters. The zero-order valence-corrected chi connectivity index (χ0v) is 13.2. The predicted octanol–water partition coefficient (Wildman–Crippen LogP) is 2.80. The lowest BCUT2D eigenvalue weighted by molar-refractivity contribution is 0.308. The Balaban J connectivity index is 3.04. The van der Waals surface area contributed by atoms with Gasteiger partial charge in [0, 0.05) is 6.04 Å². The summed E-state index contributed by atoms with van der Waals surface area (Å²) in [5.74, 6) is 1.84. The molecule has 1 rings (SSSR count). The van der Waals surface area contributed by atoms with Crippen LogP contribution in [0.2, 0.25) is 0 Å². The summed E-state index contributed by atoms with van der Waals surface area (Å²) in [6, 6.07) is 4.56. The first kappa shape index (κ1) is 14.6. The standard InChI is InChI=1S/C13H20INO2/c1-9(15(2)3)6-10-7-13(17-5)11(14)8-12(10)16-4/h7-9H,6H2,1-5H3/t9-/m0/s1. The fourth-order valence-corrected chi connectivity index (χ4v) is 2.24. The average Bonchev–Trinajstić information content (AvgIpc) is 2.30. The molecule has 0 fully saturated rings. The lowest BCUT2D eigenvalue weighted by Crippen LogP contribution is -2.26. The highest BCUT2D eigenvalue weighted by Gasteiger charge is 2.13. The molecule has 0 aliphatic carbocycles. The van der Waals surface area contributed by atoms with Crippen molar-refractivity contribution >= 4 is 22.6 Å². The molecule has 0 aromatic heterocycles. The second kappa shape index (κ2) is 6.44. The van der Waals surface area contributed by atoms with Crippen molar-refractivity contribution in [3.8, 4) is 11.5 Å². The summed E-state index contributed by atoms with van der Waals surface area (Å²) < 4.78 is 11.9. The van der Waals surface area contributed by atoms with E-state index in [0.29, 0.717) is 6.04 Å². The Morgan fingerprint density at radius 2 is 1.76 bits per heavy atom. The summed E-state index contributed by atoms with van der Waals surface area (Å²) in [5.41, 5.74) is 1.19. The molecular weight excluding hydrogens is 329 g/mol. The number of nitrogens with zero attached hydrogens (tertiary/aromatic N) is 1. The van der Waals surface area contributed by atoms with Crippen molar-refractivity contribution in [2.24, 2.45) is 0 Å². The zero-order chi connectivity index (χ0) is 13.0. The van der Waals surface area contributed by atoms with Gasteiger partial charge in [0.2, 0.25) is 0 Å². The number of likely N-dealkylation sites (N-methyl/N-ethyl adjacent to an activating group) is 1. The average molecular weight is 349 g/mol. The van der Waals surface area contributed by atoms with Crippen LogP contribution in [0.3, 0.4) is 0 Å². The fourth-order valence-electron chi connectivity index (χ4n) is 1.58. The Kier molecular flexibility index (Phi) is 5.52. The molecule has 3 nitrogen and oxygen atoms in total. The van der Waals surface area contributed by atoms with Crippen LogP contribution in [0.5, 0.6) is 11.5 Å². The van der Waals surface area contributed by atoms with Gasteiger partial charge in [-0.1, -0.05) is 0 Å². The molecule has 96 valence electrons. The molecule has 0 radical (unpaired) electrons. The van der Waals surface area contributed by atoms with Crippen molar-refractivity contribution in [3.05, 3.63) is 21.3 Å². The Hall–Kier alpha value is -0.490. The summed E-state index contributed by atoms with van der Waals surface area (Å²) in [6.07, 6.45) is 0.948. The number of benzene rings is 1. The van der Waals surface area contributed by atoms with Crippen LogP contribution in [0, 0.1) is 3.57 Å². The second-order valence-corrected chi connectivity index (χ2v) is 5.48. The van der Waals surface area contributed by atoms with Gasteiger partial charge < -0.3 is 14.4 Å². The summed E-state index contributed by atoms with van der Waals surface area (Å²) in [5, 5.41) is 0. The molecule has 0 aliphatic heterocycles. The molecule has 4 heteroatoms. The van der Waals surface area contributed by atoms with Crippen molar-refractivity contribution in [1.29, 1.82) is 0 Å². The number of ether oxygens (including phenoxy) is 2. The fraction of sp³-hybridized carbons (Fsp3) is 0.538. The minimum Gasteiger partial charge on any atom is -0.496 e. The van der Waals surface area contributed by atoms with E-state index in [9.17, 15) is 0 Å². The van der Waals surface area contributed by atoms with Crippen LogP contribution in [0.1, 0.15) is 12.5 Å². The highest BCUT2D eigenvalue weighted by atomic mass is 127. The number of halogens is 1. The minimum atomic E-state index is 0.466. The Labute approximate surface area is 117 Å². The van der Waals surface area contributed by atoms with Crippen molar-refractivity contribution < 1.29 is 9.47 Å². The zero-order valence-electron chi connectivity index (χ0n) is 11.1. The van der Waals surface area contributed by atoms with E-state index < -0.39 is 0 Å². The van der Waals surface area contributed by atoms with Gasteiger partial charge >= 0.3 is 0 Å². The summed E-state index contributed by atoms with van der Waals surface area (Å²) in [6.45, 7) is 2.20. The van der Waals surface area contributed by atoms with Gasteiger partial charge in [0.15, 0.2) is 0 Å². The Bertz CT molecular complexity index is 380. The molecule has 0 saturated heterocycles. The maximum atomic E-state index is 5.43. The van der Waals surface area contributed by atoms with E-state index in [1.807, 2.05) is 6.07 Å². The van der Waals surface area contributed by atoms with Crippen LogP contribution in [0.15, 0.2) is 12.1 Å². The van der Waals surface area contributed by atoms with Gasteiger partial charge in [-0.15, -0.1) is 0 Å². The summed E-state index contributed by atoms with van der Waals surface area (Å²) in [7, 11) is 7.58. The predicted molar refractivity (Wildman–Crippen MR) is 79.1 cm³/mol. The molecule has 17 heavy (non-hydrogen) atoms. The normalized spacial score (nSPS) is 12.6. The third-order valence-electron chi connectivity index (χ3n) is 2.95. The number of methoxy groups -OCH3 is 2. The molecule has 0 bridgehead atoms. The third kappa shape index (κ3) is 3.74. The highest BCUT2D eigenvalue weighted by molar-refractivity contribution is 14.1. The molecular formula is C13H20INO2. The number of hydrogen-bond acceptors (Lipinski definition) is 3. The molecule has 0 aliphatic rings. The molecule has 1 aromatic carbocycles. The van der Waals surface area contributed by atoms with Gasteiger partial charge in [-0.25, -0.2) is 0 Å². The SMILES string of the molecule is COc1cc(C[C@H](C)N(C)C)c(OC)cc1I.